The van der Waals surface area contributed by atoms with Crippen molar-refractivity contribution in [1.29, 1.82) is 0 Å². The molecule has 0 heterocycles. The number of rotatable bonds is 2. The minimum atomic E-state index is -0.496. The zero-order valence-electron chi connectivity index (χ0n) is 11.0. The first-order valence-corrected chi connectivity index (χ1v) is 6.12. The van der Waals surface area contributed by atoms with Crippen molar-refractivity contribution in [1.82, 2.24) is 4.90 Å². The first-order valence-electron chi connectivity index (χ1n) is 6.12. The SMILES string of the molecule is CN(C(=O)Nc1ccccc1)C(=O)Nc1ccccc1. The lowest BCUT2D eigenvalue weighted by molar-refractivity contribution is 0.210. The van der Waals surface area contributed by atoms with Crippen molar-refractivity contribution in [3.63, 3.8) is 0 Å². The van der Waals surface area contributed by atoms with E-state index < -0.39 is 12.1 Å². The number of benzene rings is 2. The van der Waals surface area contributed by atoms with Crippen LogP contribution in [0.25, 0.3) is 0 Å². The number of imide groups is 1. The number of nitrogens with one attached hydrogen (secondary N) is 2. The average Bonchev–Trinajstić information content (AvgIpc) is 2.48. The fourth-order valence-electron chi connectivity index (χ4n) is 1.55. The van der Waals surface area contributed by atoms with Gasteiger partial charge in [0.15, 0.2) is 0 Å². The lowest BCUT2D eigenvalue weighted by Crippen LogP contribution is -2.39. The Balaban J connectivity index is 1.95. The number of urea groups is 2. The highest BCUT2D eigenvalue weighted by atomic mass is 16.2. The summed E-state index contributed by atoms with van der Waals surface area (Å²) in [6.07, 6.45) is 0. The van der Waals surface area contributed by atoms with Gasteiger partial charge in [0.2, 0.25) is 0 Å². The summed E-state index contributed by atoms with van der Waals surface area (Å²) in [6.45, 7) is 0. The summed E-state index contributed by atoms with van der Waals surface area (Å²) < 4.78 is 0. The first kappa shape index (κ1) is 13.6. The van der Waals surface area contributed by atoms with Crippen molar-refractivity contribution in [3.05, 3.63) is 60.7 Å². The maximum Gasteiger partial charge on any atom is 0.329 e. The van der Waals surface area contributed by atoms with Crippen LogP contribution in [0.4, 0.5) is 21.0 Å². The molecule has 0 aliphatic rings. The Morgan fingerprint density at radius 2 is 1.10 bits per heavy atom. The number of amides is 4. The number of nitrogens with zero attached hydrogens (tertiary/aromatic N) is 1. The maximum atomic E-state index is 11.9. The highest BCUT2D eigenvalue weighted by Crippen LogP contribution is 2.08. The lowest BCUT2D eigenvalue weighted by atomic mass is 10.3. The highest BCUT2D eigenvalue weighted by Gasteiger charge is 2.16. The molecule has 2 rings (SSSR count). The monoisotopic (exact) mass is 269 g/mol. The van der Waals surface area contributed by atoms with Gasteiger partial charge in [-0.2, -0.15) is 0 Å². The third-order valence-corrected chi connectivity index (χ3v) is 2.66. The summed E-state index contributed by atoms with van der Waals surface area (Å²) in [7, 11) is 1.41. The van der Waals surface area contributed by atoms with Crippen LogP contribution in [-0.2, 0) is 0 Å². The molecule has 0 saturated carbocycles. The molecule has 2 aromatic carbocycles. The molecule has 0 fully saturated rings. The van der Waals surface area contributed by atoms with Gasteiger partial charge in [0.05, 0.1) is 0 Å². The quantitative estimate of drug-likeness (QED) is 0.878. The van der Waals surface area contributed by atoms with Gasteiger partial charge in [-0.25, -0.2) is 14.5 Å². The molecule has 5 nitrogen and oxygen atoms in total. The number of hydrogen-bond donors (Lipinski definition) is 2. The summed E-state index contributed by atoms with van der Waals surface area (Å²) in [5.74, 6) is 0. The standard InChI is InChI=1S/C15H15N3O2/c1-18(14(19)16-12-8-4-2-5-9-12)15(20)17-13-10-6-3-7-11-13/h2-11H,1H3,(H,16,19)(H,17,20). The maximum absolute atomic E-state index is 11.9. The predicted octanol–water partition coefficient (Wildman–Crippen LogP) is 3.38. The predicted molar refractivity (Wildman–Crippen MR) is 78.7 cm³/mol. The van der Waals surface area contributed by atoms with Gasteiger partial charge >= 0.3 is 12.1 Å². The Morgan fingerprint density at radius 1 is 0.750 bits per heavy atom. The van der Waals surface area contributed by atoms with Gasteiger partial charge in [0, 0.05) is 18.4 Å². The summed E-state index contributed by atoms with van der Waals surface area (Å²) >= 11 is 0. The topological polar surface area (TPSA) is 61.4 Å². The van der Waals surface area contributed by atoms with Gasteiger partial charge in [-0.15, -0.1) is 0 Å². The summed E-state index contributed by atoms with van der Waals surface area (Å²) in [4.78, 5) is 24.8. The van der Waals surface area contributed by atoms with Crippen LogP contribution in [0.2, 0.25) is 0 Å². The second kappa shape index (κ2) is 6.38. The van der Waals surface area contributed by atoms with E-state index in [1.54, 1.807) is 48.5 Å². The Hall–Kier alpha value is -2.82. The molecule has 0 atom stereocenters. The third-order valence-electron chi connectivity index (χ3n) is 2.66. The Labute approximate surface area is 117 Å². The molecule has 0 spiro atoms. The van der Waals surface area contributed by atoms with Crippen molar-refractivity contribution in [2.45, 2.75) is 0 Å². The minimum Gasteiger partial charge on any atom is -0.307 e. The normalized spacial score (nSPS) is 9.65. The van der Waals surface area contributed by atoms with Crippen LogP contribution < -0.4 is 10.6 Å². The first-order chi connectivity index (χ1) is 9.66. The van der Waals surface area contributed by atoms with Gasteiger partial charge in [0.25, 0.3) is 0 Å². The summed E-state index contributed by atoms with van der Waals surface area (Å²) in [6, 6.07) is 16.9. The van der Waals surface area contributed by atoms with Crippen molar-refractivity contribution in [2.24, 2.45) is 0 Å². The number of para-hydroxylation sites is 2. The fraction of sp³-hybridized carbons (Fsp3) is 0.0667. The molecule has 0 radical (unpaired) electrons. The number of anilines is 2. The van der Waals surface area contributed by atoms with Gasteiger partial charge in [-0.3, -0.25) is 0 Å². The molecule has 20 heavy (non-hydrogen) atoms. The number of hydrogen-bond acceptors (Lipinski definition) is 2. The molecule has 0 aliphatic heterocycles. The van der Waals surface area contributed by atoms with Crippen molar-refractivity contribution in [3.8, 4) is 0 Å². The Bertz CT molecular complexity index is 531. The van der Waals surface area contributed by atoms with E-state index in [0.29, 0.717) is 11.4 Å². The van der Waals surface area contributed by atoms with Crippen LogP contribution in [0, 0.1) is 0 Å². The van der Waals surface area contributed by atoms with E-state index >= 15 is 0 Å². The zero-order chi connectivity index (χ0) is 14.4. The van der Waals surface area contributed by atoms with Crippen molar-refractivity contribution in [2.75, 3.05) is 17.7 Å². The van der Waals surface area contributed by atoms with Gasteiger partial charge < -0.3 is 10.6 Å². The van der Waals surface area contributed by atoms with Gasteiger partial charge in [-0.05, 0) is 24.3 Å². The molecule has 0 saturated heterocycles. The molecule has 0 aliphatic carbocycles. The van der Waals surface area contributed by atoms with E-state index in [0.717, 1.165) is 4.90 Å². The molecule has 102 valence electrons. The van der Waals surface area contributed by atoms with Crippen molar-refractivity contribution >= 4 is 23.4 Å². The molecule has 5 heteroatoms. The number of carbonyl (C=O) groups is 2. The van der Waals surface area contributed by atoms with Gasteiger partial charge in [0.1, 0.15) is 0 Å². The molecular weight excluding hydrogens is 254 g/mol. The van der Waals surface area contributed by atoms with E-state index in [1.807, 2.05) is 12.1 Å². The van der Waals surface area contributed by atoms with Crippen molar-refractivity contribution < 1.29 is 9.59 Å². The van der Waals surface area contributed by atoms with Crippen LogP contribution >= 0.6 is 0 Å². The summed E-state index contributed by atoms with van der Waals surface area (Å²) in [5.41, 5.74) is 1.27. The molecule has 0 aromatic heterocycles. The smallest absolute Gasteiger partial charge is 0.307 e. The Kier molecular flexibility index (Phi) is 4.34. The van der Waals surface area contributed by atoms with Crippen LogP contribution in [0.15, 0.2) is 60.7 Å². The van der Waals surface area contributed by atoms with E-state index in [-0.39, 0.29) is 0 Å². The fourth-order valence-corrected chi connectivity index (χ4v) is 1.55. The van der Waals surface area contributed by atoms with Crippen LogP contribution in [0.3, 0.4) is 0 Å². The highest BCUT2D eigenvalue weighted by molar-refractivity contribution is 6.04. The average molecular weight is 269 g/mol. The van der Waals surface area contributed by atoms with E-state index in [1.165, 1.54) is 7.05 Å². The summed E-state index contributed by atoms with van der Waals surface area (Å²) in [5, 5.41) is 5.27. The number of carbonyl (C=O) groups excluding carboxylic acids is 2. The van der Waals surface area contributed by atoms with Crippen LogP contribution in [0.5, 0.6) is 0 Å². The molecule has 2 aromatic rings. The van der Waals surface area contributed by atoms with Gasteiger partial charge in [-0.1, -0.05) is 36.4 Å². The van der Waals surface area contributed by atoms with E-state index in [9.17, 15) is 9.59 Å². The zero-order valence-corrected chi connectivity index (χ0v) is 11.0. The second-order valence-electron chi connectivity index (χ2n) is 4.15. The van der Waals surface area contributed by atoms with E-state index in [4.69, 9.17) is 0 Å². The second-order valence-corrected chi connectivity index (χ2v) is 4.15. The molecular formula is C15H15N3O2. The van der Waals surface area contributed by atoms with Crippen LogP contribution in [0.1, 0.15) is 0 Å². The largest absolute Gasteiger partial charge is 0.329 e. The molecule has 2 N–H and O–H groups in total. The molecule has 0 unspecified atom stereocenters. The molecule has 0 bridgehead atoms. The molecule has 4 amide bonds. The minimum absolute atomic E-state index is 0.496. The third kappa shape index (κ3) is 3.58. The Morgan fingerprint density at radius 3 is 1.45 bits per heavy atom. The van der Waals surface area contributed by atoms with E-state index in [2.05, 4.69) is 10.6 Å². The lowest BCUT2D eigenvalue weighted by Gasteiger charge is -2.17. The van der Waals surface area contributed by atoms with Crippen LogP contribution in [-0.4, -0.2) is 24.0 Å².